The first kappa shape index (κ1) is 18.9. The molecular formula is H2MgMoO2. The molecule has 0 saturated heterocycles. The van der Waals surface area contributed by atoms with Gasteiger partial charge in [-0.3, -0.25) is 0 Å². The van der Waals surface area contributed by atoms with Crippen LogP contribution in [-0.4, -0.2) is 28.5 Å². The Morgan fingerprint density at radius 2 is 1.25 bits per heavy atom. The fraction of sp³-hybridized carbons (Fsp3) is 0. The van der Waals surface area contributed by atoms with Crippen molar-refractivity contribution in [1.29, 1.82) is 0 Å². The van der Waals surface area contributed by atoms with Crippen molar-refractivity contribution in [2.45, 2.75) is 0 Å². The molecule has 2 N–H and O–H groups in total. The molecule has 0 unspecified atom stereocenters. The van der Waals surface area contributed by atoms with E-state index in [0.29, 0.717) is 19.8 Å². The van der Waals surface area contributed by atoms with Gasteiger partial charge in [0.15, 0.2) is 0 Å². The van der Waals surface area contributed by atoms with E-state index in [0.717, 1.165) is 0 Å². The van der Waals surface area contributed by atoms with Crippen LogP contribution < -0.4 is 0 Å². The zero-order valence-electron chi connectivity index (χ0n) is 2.02. The van der Waals surface area contributed by atoms with E-state index in [1.165, 1.54) is 0 Å². The zero-order chi connectivity index (χ0) is 2.00. The van der Waals surface area contributed by atoms with Gasteiger partial charge in [0.05, 0.1) is 0 Å². The predicted octanol–water partition coefficient (Wildman–Crippen LogP) is -1.33. The molecule has 0 fully saturated rings. The van der Waals surface area contributed by atoms with Crippen molar-refractivity contribution in [3.05, 3.63) is 0 Å². The molecule has 0 aromatic heterocycles. The predicted molar refractivity (Wildman–Crippen MR) is 10.1 cm³/mol. The summed E-state index contributed by atoms with van der Waals surface area (Å²) in [6.07, 6.45) is 0. The first-order chi connectivity index (χ1) is 1.00. The summed E-state index contributed by atoms with van der Waals surface area (Å²) in [5, 5.41) is 0. The molecule has 0 atom stereocenters. The molecule has 2 nitrogen and oxygen atoms in total. The van der Waals surface area contributed by atoms with Crippen molar-refractivity contribution >= 4 is 23.1 Å². The topological polar surface area (TPSA) is 48.6 Å². The van der Waals surface area contributed by atoms with E-state index in [9.17, 15) is 0 Å². The molecular weight excluding hydrogens is 152 g/mol. The third-order valence-electron chi connectivity index (χ3n) is 0. The standard InChI is InChI=1S/Mg.Mo.H2O.O/h;;1H2;. The summed E-state index contributed by atoms with van der Waals surface area (Å²) in [6.45, 7) is 0. The van der Waals surface area contributed by atoms with Gasteiger partial charge in [-0.15, -0.1) is 0 Å². The quantitative estimate of drug-likeness (QED) is 0.399. The Morgan fingerprint density at radius 3 is 1.25 bits per heavy atom. The van der Waals surface area contributed by atoms with Gasteiger partial charge in [-0.25, -0.2) is 0 Å². The molecule has 0 aromatic rings. The summed E-state index contributed by atoms with van der Waals surface area (Å²) in [5.41, 5.74) is 0. The van der Waals surface area contributed by atoms with Crippen LogP contribution in [-0.2, 0) is 23.2 Å². The SMILES string of the molecule is O.[Mg].[O]=[Mo]. The minimum atomic E-state index is 0. The Balaban J connectivity index is -0.00000000500. The molecule has 2 radical (unpaired) electrons. The second-order valence-electron chi connectivity index (χ2n) is 0. The summed E-state index contributed by atoms with van der Waals surface area (Å²) in [6, 6.07) is 0. The van der Waals surface area contributed by atoms with Crippen molar-refractivity contribution in [3.8, 4) is 0 Å². The third-order valence-corrected chi connectivity index (χ3v) is 0. The van der Waals surface area contributed by atoms with Crippen LogP contribution in [0.2, 0.25) is 0 Å². The van der Waals surface area contributed by atoms with Crippen LogP contribution in [0.5, 0.6) is 0 Å². The molecule has 0 heterocycles. The maximum atomic E-state index is 8.26. The van der Waals surface area contributed by atoms with Gasteiger partial charge in [0.25, 0.3) is 0 Å². The summed E-state index contributed by atoms with van der Waals surface area (Å²) in [5.74, 6) is 0. The van der Waals surface area contributed by atoms with Crippen molar-refractivity contribution in [2.75, 3.05) is 0 Å². The van der Waals surface area contributed by atoms with E-state index in [1.54, 1.807) is 0 Å². The normalized spacial score (nSPS) is 1.00. The van der Waals surface area contributed by atoms with E-state index >= 15 is 0 Å². The molecule has 0 spiro atoms. The molecule has 0 amide bonds. The van der Waals surface area contributed by atoms with Crippen LogP contribution in [0.3, 0.4) is 0 Å². The molecule has 0 bridgehead atoms. The zero-order valence-corrected chi connectivity index (χ0v) is 5.44. The fourth-order valence-electron chi connectivity index (χ4n) is 0. The van der Waals surface area contributed by atoms with Crippen LogP contribution in [0.25, 0.3) is 0 Å². The van der Waals surface area contributed by atoms with E-state index in [1.807, 2.05) is 0 Å². The first-order valence-electron chi connectivity index (χ1n) is 0.167. The monoisotopic (exact) mass is 156 g/mol. The van der Waals surface area contributed by atoms with Gasteiger partial charge in [0, 0.05) is 23.1 Å². The molecule has 4 heavy (non-hydrogen) atoms. The average molecular weight is 154 g/mol. The molecule has 22 valence electrons. The van der Waals surface area contributed by atoms with Gasteiger partial charge in [-0.1, -0.05) is 0 Å². The van der Waals surface area contributed by atoms with Gasteiger partial charge < -0.3 is 5.48 Å². The van der Waals surface area contributed by atoms with Crippen LogP contribution in [0, 0.1) is 0 Å². The van der Waals surface area contributed by atoms with Crippen LogP contribution in [0.15, 0.2) is 0 Å². The summed E-state index contributed by atoms with van der Waals surface area (Å²) >= 11 is 0.700. The van der Waals surface area contributed by atoms with Gasteiger partial charge in [0.1, 0.15) is 0 Å². The van der Waals surface area contributed by atoms with Crippen molar-refractivity contribution in [1.82, 2.24) is 0 Å². The Morgan fingerprint density at radius 1 is 1.25 bits per heavy atom. The first-order valence-corrected chi connectivity index (χ1v) is 0.986. The van der Waals surface area contributed by atoms with Crippen LogP contribution >= 0.6 is 0 Å². The second kappa shape index (κ2) is 29.5. The Bertz CT molecular complexity index is 6.00. The Hall–Kier alpha value is 1.21. The summed E-state index contributed by atoms with van der Waals surface area (Å²) in [4.78, 5) is 0. The van der Waals surface area contributed by atoms with Gasteiger partial charge >= 0.3 is 23.2 Å². The second-order valence-corrected chi connectivity index (χ2v) is 0. The van der Waals surface area contributed by atoms with Crippen molar-refractivity contribution in [3.63, 3.8) is 0 Å². The number of rotatable bonds is 0. The molecule has 0 rings (SSSR count). The Kier molecular flexibility index (Phi) is 139. The van der Waals surface area contributed by atoms with Gasteiger partial charge in [-0.05, 0) is 0 Å². The van der Waals surface area contributed by atoms with Crippen molar-refractivity contribution in [2.24, 2.45) is 0 Å². The molecule has 4 heteroatoms. The molecule has 0 aliphatic rings. The average Bonchev–Trinajstić information content (AvgIpc) is 1.00. The Labute approximate surface area is 51.6 Å². The molecule has 0 saturated carbocycles. The molecule has 0 aliphatic carbocycles. The van der Waals surface area contributed by atoms with E-state index in [-0.39, 0.29) is 28.5 Å². The van der Waals surface area contributed by atoms with Crippen LogP contribution in [0.4, 0.5) is 0 Å². The van der Waals surface area contributed by atoms with E-state index in [4.69, 9.17) is 3.40 Å². The third kappa shape index (κ3) is 10.7. The minimum absolute atomic E-state index is 0. The van der Waals surface area contributed by atoms with E-state index in [2.05, 4.69) is 0 Å². The summed E-state index contributed by atoms with van der Waals surface area (Å²) < 4.78 is 8.26. The van der Waals surface area contributed by atoms with Gasteiger partial charge in [-0.2, -0.15) is 0 Å². The van der Waals surface area contributed by atoms with Crippen molar-refractivity contribution < 1.29 is 28.7 Å². The molecule has 0 aromatic carbocycles. The number of hydrogen-bond donors (Lipinski definition) is 0. The van der Waals surface area contributed by atoms with Gasteiger partial charge in [0.2, 0.25) is 0 Å². The summed E-state index contributed by atoms with van der Waals surface area (Å²) in [7, 11) is 0. The van der Waals surface area contributed by atoms with E-state index < -0.39 is 0 Å². The fourth-order valence-corrected chi connectivity index (χ4v) is 0. The van der Waals surface area contributed by atoms with Crippen LogP contribution in [0.1, 0.15) is 0 Å². The number of hydrogen-bond acceptors (Lipinski definition) is 1. The molecule has 0 aliphatic heterocycles. The maximum absolute atomic E-state index is 8.26.